The van der Waals surface area contributed by atoms with Gasteiger partial charge in [-0.1, -0.05) is 0 Å². The number of nitrogens with one attached hydrogen (secondary N) is 1. The summed E-state index contributed by atoms with van der Waals surface area (Å²) in [5, 5.41) is 12.3. The molecule has 8 heteroatoms. The van der Waals surface area contributed by atoms with Crippen LogP contribution in [0.1, 0.15) is 24.1 Å². The number of aromatic nitrogens is 2. The van der Waals surface area contributed by atoms with Crippen molar-refractivity contribution in [1.29, 1.82) is 5.26 Å². The van der Waals surface area contributed by atoms with E-state index in [1.165, 1.54) is 6.26 Å². The highest BCUT2D eigenvalue weighted by Gasteiger charge is 2.29. The number of aryl methyl sites for hydroxylation is 1. The minimum Gasteiger partial charge on any atom is -0.459 e. The number of carbonyl (C=O) groups is 1. The van der Waals surface area contributed by atoms with E-state index in [9.17, 15) is 10.1 Å². The fraction of sp³-hybridized carbons (Fsp3) is 0.300. The molecule has 3 aromatic heterocycles. The molecule has 0 spiro atoms. The van der Waals surface area contributed by atoms with Crippen LogP contribution in [0.5, 0.6) is 0 Å². The quantitative estimate of drug-likeness (QED) is 0.742. The molecule has 4 rings (SSSR count). The summed E-state index contributed by atoms with van der Waals surface area (Å²) >= 11 is 0. The largest absolute Gasteiger partial charge is 0.459 e. The average Bonchev–Trinajstić information content (AvgIpc) is 3.37. The highest BCUT2D eigenvalue weighted by atomic mass is 16.4. The summed E-state index contributed by atoms with van der Waals surface area (Å²) < 4.78 is 11.1. The van der Waals surface area contributed by atoms with Crippen LogP contribution in [-0.4, -0.2) is 29.0 Å². The Hall–Kier alpha value is -3.60. The molecule has 0 radical (unpaired) electrons. The number of oxazole rings is 1. The van der Waals surface area contributed by atoms with E-state index in [-0.39, 0.29) is 23.4 Å². The maximum Gasteiger partial charge on any atom is 0.266 e. The van der Waals surface area contributed by atoms with Crippen molar-refractivity contribution in [3.05, 3.63) is 48.0 Å². The molecule has 4 heterocycles. The molecule has 1 amide bonds. The number of amides is 1. The smallest absolute Gasteiger partial charge is 0.266 e. The molecule has 8 nitrogen and oxygen atoms in total. The van der Waals surface area contributed by atoms with Gasteiger partial charge in [0.2, 0.25) is 17.5 Å². The molecule has 1 aliphatic heterocycles. The number of hydrogen-bond acceptors (Lipinski definition) is 7. The number of piperidine rings is 1. The summed E-state index contributed by atoms with van der Waals surface area (Å²) in [6.45, 7) is 3.15. The molecule has 142 valence electrons. The molecule has 0 bridgehead atoms. The van der Waals surface area contributed by atoms with E-state index in [1.54, 1.807) is 18.3 Å². The van der Waals surface area contributed by atoms with E-state index in [4.69, 9.17) is 8.83 Å². The number of rotatable bonds is 4. The number of carbonyl (C=O) groups excluding carboxylic acids is 1. The van der Waals surface area contributed by atoms with Crippen molar-refractivity contribution in [2.75, 3.05) is 23.3 Å². The maximum absolute atomic E-state index is 12.5. The topological polar surface area (TPSA) is 108 Å². The monoisotopic (exact) mass is 377 g/mol. The number of anilines is 2. The maximum atomic E-state index is 12.5. The van der Waals surface area contributed by atoms with E-state index >= 15 is 0 Å². The van der Waals surface area contributed by atoms with Gasteiger partial charge in [0.05, 0.1) is 6.26 Å². The van der Waals surface area contributed by atoms with Crippen LogP contribution < -0.4 is 10.2 Å². The van der Waals surface area contributed by atoms with Crippen molar-refractivity contribution in [3.63, 3.8) is 0 Å². The second-order valence-corrected chi connectivity index (χ2v) is 6.73. The summed E-state index contributed by atoms with van der Waals surface area (Å²) in [5.74, 6) is 1.60. The van der Waals surface area contributed by atoms with Crippen LogP contribution in [0.2, 0.25) is 0 Å². The first-order valence-corrected chi connectivity index (χ1v) is 9.07. The van der Waals surface area contributed by atoms with E-state index in [2.05, 4.69) is 21.4 Å². The number of furan rings is 1. The van der Waals surface area contributed by atoms with E-state index in [0.29, 0.717) is 43.4 Å². The molecule has 1 aliphatic rings. The number of pyridine rings is 1. The van der Waals surface area contributed by atoms with Crippen LogP contribution in [0, 0.1) is 24.2 Å². The van der Waals surface area contributed by atoms with Gasteiger partial charge in [0.15, 0.2) is 5.76 Å². The lowest BCUT2D eigenvalue weighted by atomic mass is 9.96. The van der Waals surface area contributed by atoms with Gasteiger partial charge in [-0.15, -0.1) is 0 Å². The van der Waals surface area contributed by atoms with Gasteiger partial charge in [0.1, 0.15) is 11.9 Å². The van der Waals surface area contributed by atoms with Crippen LogP contribution in [0.4, 0.5) is 11.7 Å². The Labute approximate surface area is 161 Å². The van der Waals surface area contributed by atoms with Crippen LogP contribution in [0.15, 0.2) is 45.6 Å². The molecule has 0 unspecified atom stereocenters. The van der Waals surface area contributed by atoms with Gasteiger partial charge in [-0.3, -0.25) is 4.79 Å². The Morgan fingerprint density at radius 2 is 2.18 bits per heavy atom. The van der Waals surface area contributed by atoms with Gasteiger partial charge in [0.25, 0.3) is 5.89 Å². The first-order valence-electron chi connectivity index (χ1n) is 9.07. The zero-order chi connectivity index (χ0) is 19.5. The summed E-state index contributed by atoms with van der Waals surface area (Å²) in [6, 6.07) is 9.26. The van der Waals surface area contributed by atoms with Crippen molar-refractivity contribution in [2.24, 2.45) is 5.92 Å². The van der Waals surface area contributed by atoms with Gasteiger partial charge >= 0.3 is 0 Å². The van der Waals surface area contributed by atoms with Crippen LogP contribution in [-0.2, 0) is 4.79 Å². The van der Waals surface area contributed by atoms with E-state index in [0.717, 1.165) is 5.56 Å². The van der Waals surface area contributed by atoms with Gasteiger partial charge < -0.3 is 19.1 Å². The lowest BCUT2D eigenvalue weighted by molar-refractivity contribution is -0.120. The second-order valence-electron chi connectivity index (χ2n) is 6.73. The Balaban J connectivity index is 1.41. The Bertz CT molecular complexity index is 1010. The molecule has 1 fully saturated rings. The number of nitrogens with zero attached hydrogens (tertiary/aromatic N) is 4. The van der Waals surface area contributed by atoms with Crippen molar-refractivity contribution in [3.8, 4) is 17.7 Å². The zero-order valence-electron chi connectivity index (χ0n) is 15.4. The molecule has 3 aromatic rings. The van der Waals surface area contributed by atoms with Crippen LogP contribution >= 0.6 is 0 Å². The Morgan fingerprint density at radius 1 is 1.36 bits per heavy atom. The Kier molecular flexibility index (Phi) is 4.81. The molecule has 0 atom stereocenters. The molecular weight excluding hydrogens is 358 g/mol. The minimum absolute atomic E-state index is 0.0351. The van der Waals surface area contributed by atoms with Gasteiger partial charge in [-0.2, -0.15) is 10.2 Å². The van der Waals surface area contributed by atoms with Gasteiger partial charge in [-0.05, 0) is 49.6 Å². The normalized spacial score (nSPS) is 14.6. The van der Waals surface area contributed by atoms with Crippen molar-refractivity contribution >= 4 is 17.6 Å². The standard InChI is InChI=1S/C20H19N5O3/c1-13-4-7-22-17(11-13)24-18(26)14-5-8-25(9-6-14)20-15(12-21)23-19(28-20)16-3-2-10-27-16/h2-4,7,10-11,14H,5-6,8-9H2,1H3,(H,22,24,26). The first kappa shape index (κ1) is 17.8. The lowest BCUT2D eigenvalue weighted by Gasteiger charge is -2.30. The first-order chi connectivity index (χ1) is 13.6. The third-order valence-electron chi connectivity index (χ3n) is 4.77. The lowest BCUT2D eigenvalue weighted by Crippen LogP contribution is -2.38. The van der Waals surface area contributed by atoms with Crippen molar-refractivity contribution < 1.29 is 13.6 Å². The summed E-state index contributed by atoms with van der Waals surface area (Å²) in [5.41, 5.74) is 1.26. The van der Waals surface area contributed by atoms with Crippen molar-refractivity contribution in [1.82, 2.24) is 9.97 Å². The third kappa shape index (κ3) is 3.60. The summed E-state index contributed by atoms with van der Waals surface area (Å²) in [6.07, 6.45) is 4.51. The van der Waals surface area contributed by atoms with Crippen molar-refractivity contribution in [2.45, 2.75) is 19.8 Å². The fourth-order valence-corrected chi connectivity index (χ4v) is 3.28. The Morgan fingerprint density at radius 3 is 2.86 bits per heavy atom. The predicted octanol–water partition coefficient (Wildman–Crippen LogP) is 3.36. The number of nitriles is 1. The molecule has 0 aromatic carbocycles. The molecule has 1 saturated heterocycles. The van der Waals surface area contributed by atoms with E-state index < -0.39 is 0 Å². The molecular formula is C20H19N5O3. The molecule has 0 aliphatic carbocycles. The highest BCUT2D eigenvalue weighted by molar-refractivity contribution is 5.91. The third-order valence-corrected chi connectivity index (χ3v) is 4.77. The molecule has 1 N–H and O–H groups in total. The predicted molar refractivity (Wildman–Crippen MR) is 101 cm³/mol. The molecule has 28 heavy (non-hydrogen) atoms. The van der Waals surface area contributed by atoms with Gasteiger partial charge in [0, 0.05) is 25.2 Å². The van der Waals surface area contributed by atoms with Crippen LogP contribution in [0.25, 0.3) is 11.7 Å². The van der Waals surface area contributed by atoms with Crippen LogP contribution in [0.3, 0.4) is 0 Å². The SMILES string of the molecule is Cc1ccnc(NC(=O)C2CCN(c3oc(-c4ccco4)nc3C#N)CC2)c1. The zero-order valence-corrected chi connectivity index (χ0v) is 15.4. The second kappa shape index (κ2) is 7.56. The summed E-state index contributed by atoms with van der Waals surface area (Å²) in [4.78, 5) is 22.9. The molecule has 0 saturated carbocycles. The number of hydrogen-bond donors (Lipinski definition) is 1. The highest BCUT2D eigenvalue weighted by Crippen LogP contribution is 2.31. The van der Waals surface area contributed by atoms with Gasteiger partial charge in [-0.25, -0.2) is 4.98 Å². The average molecular weight is 377 g/mol. The minimum atomic E-state index is -0.114. The fourth-order valence-electron chi connectivity index (χ4n) is 3.28. The van der Waals surface area contributed by atoms with E-state index in [1.807, 2.05) is 24.0 Å². The summed E-state index contributed by atoms with van der Waals surface area (Å²) in [7, 11) is 0.